The zero-order valence-electron chi connectivity index (χ0n) is 11.6. The maximum atomic E-state index is 12.7. The number of alkyl halides is 3. The molecule has 114 valence electrons. The van der Waals surface area contributed by atoms with Crippen LogP contribution in [0.4, 0.5) is 13.2 Å². The van der Waals surface area contributed by atoms with E-state index in [4.69, 9.17) is 0 Å². The smallest absolute Gasteiger partial charge is 0.309 e. The standard InChI is InChI=1S/C15H12F3N3O/c1-10-2-4-13-19-12(8-20(13)6-10)9-21-7-11(15(16,17)18)3-5-14(21)22/h2-8H,9H2,1H3. The second kappa shape index (κ2) is 5.01. The number of aryl methyl sites for hydroxylation is 1. The molecule has 3 aromatic rings. The number of imidazole rings is 1. The molecule has 4 nitrogen and oxygen atoms in total. The predicted octanol–water partition coefficient (Wildman–Crippen LogP) is 2.87. The van der Waals surface area contributed by atoms with Gasteiger partial charge in [-0.2, -0.15) is 13.2 Å². The molecule has 7 heteroatoms. The van der Waals surface area contributed by atoms with Crippen LogP contribution < -0.4 is 5.56 Å². The van der Waals surface area contributed by atoms with Crippen LogP contribution in [0.15, 0.2) is 47.7 Å². The third kappa shape index (κ3) is 2.74. The summed E-state index contributed by atoms with van der Waals surface area (Å²) >= 11 is 0. The van der Waals surface area contributed by atoms with Crippen molar-refractivity contribution in [2.75, 3.05) is 0 Å². The van der Waals surface area contributed by atoms with Crippen LogP contribution in [-0.2, 0) is 12.7 Å². The fraction of sp³-hybridized carbons (Fsp3) is 0.200. The van der Waals surface area contributed by atoms with Gasteiger partial charge in [0.2, 0.25) is 0 Å². The largest absolute Gasteiger partial charge is 0.417 e. The highest BCUT2D eigenvalue weighted by atomic mass is 19.4. The molecular weight excluding hydrogens is 295 g/mol. The van der Waals surface area contributed by atoms with Gasteiger partial charge in [-0.15, -0.1) is 0 Å². The first-order chi connectivity index (χ1) is 10.3. The minimum atomic E-state index is -4.48. The van der Waals surface area contributed by atoms with Crippen LogP contribution in [0, 0.1) is 6.92 Å². The molecule has 3 rings (SSSR count). The molecule has 0 aromatic carbocycles. The van der Waals surface area contributed by atoms with Crippen LogP contribution in [0.1, 0.15) is 16.8 Å². The van der Waals surface area contributed by atoms with Gasteiger partial charge in [-0.25, -0.2) is 4.98 Å². The number of aromatic nitrogens is 3. The van der Waals surface area contributed by atoms with Gasteiger partial charge in [0.15, 0.2) is 0 Å². The molecule has 0 unspecified atom stereocenters. The highest BCUT2D eigenvalue weighted by Crippen LogP contribution is 2.28. The van der Waals surface area contributed by atoms with Gasteiger partial charge in [0.05, 0.1) is 17.8 Å². The van der Waals surface area contributed by atoms with Crippen molar-refractivity contribution in [2.24, 2.45) is 0 Å². The molecule has 0 radical (unpaired) electrons. The van der Waals surface area contributed by atoms with Crippen LogP contribution >= 0.6 is 0 Å². The van der Waals surface area contributed by atoms with Gasteiger partial charge in [-0.05, 0) is 24.6 Å². The highest BCUT2D eigenvalue weighted by molar-refractivity contribution is 5.41. The fourth-order valence-corrected chi connectivity index (χ4v) is 2.23. The molecule has 3 aromatic heterocycles. The molecule has 0 aliphatic rings. The van der Waals surface area contributed by atoms with E-state index in [0.717, 1.165) is 28.5 Å². The Kier molecular flexibility index (Phi) is 3.27. The summed E-state index contributed by atoms with van der Waals surface area (Å²) in [7, 11) is 0. The molecule has 3 heterocycles. The Morgan fingerprint density at radius 3 is 2.59 bits per heavy atom. The van der Waals surface area contributed by atoms with Crippen LogP contribution in [-0.4, -0.2) is 14.0 Å². The lowest BCUT2D eigenvalue weighted by molar-refractivity contribution is -0.138. The molecule has 0 aliphatic heterocycles. The van der Waals surface area contributed by atoms with Crippen molar-refractivity contribution < 1.29 is 13.2 Å². The van der Waals surface area contributed by atoms with E-state index in [9.17, 15) is 18.0 Å². The number of hydrogen-bond acceptors (Lipinski definition) is 2. The second-order valence-electron chi connectivity index (χ2n) is 5.09. The number of nitrogens with zero attached hydrogens (tertiary/aromatic N) is 3. The van der Waals surface area contributed by atoms with Crippen molar-refractivity contribution in [3.05, 3.63) is 70.0 Å². The summed E-state index contributed by atoms with van der Waals surface area (Å²) in [5.74, 6) is 0. The minimum absolute atomic E-state index is 0.0104. The van der Waals surface area contributed by atoms with Gasteiger partial charge >= 0.3 is 6.18 Å². The van der Waals surface area contributed by atoms with Crippen LogP contribution in [0.25, 0.3) is 5.65 Å². The Balaban J connectivity index is 1.99. The molecule has 0 saturated heterocycles. The summed E-state index contributed by atoms with van der Waals surface area (Å²) in [6.45, 7) is 1.92. The number of fused-ring (bicyclic) bond motifs is 1. The molecule has 0 atom stereocenters. The highest BCUT2D eigenvalue weighted by Gasteiger charge is 2.31. The van der Waals surface area contributed by atoms with Crippen molar-refractivity contribution in [2.45, 2.75) is 19.6 Å². The SMILES string of the molecule is Cc1ccc2nc(Cn3cc(C(F)(F)F)ccc3=O)cn2c1. The molecule has 0 amide bonds. The quantitative estimate of drug-likeness (QED) is 0.730. The number of hydrogen-bond donors (Lipinski definition) is 0. The van der Waals surface area contributed by atoms with Crippen molar-refractivity contribution in [1.82, 2.24) is 14.0 Å². The van der Waals surface area contributed by atoms with Gasteiger partial charge in [0.1, 0.15) is 5.65 Å². The monoisotopic (exact) mass is 307 g/mol. The van der Waals surface area contributed by atoms with Crippen molar-refractivity contribution in [3.8, 4) is 0 Å². The maximum absolute atomic E-state index is 12.7. The Morgan fingerprint density at radius 2 is 1.86 bits per heavy atom. The normalized spacial score (nSPS) is 12.0. The lowest BCUT2D eigenvalue weighted by Crippen LogP contribution is -2.22. The summed E-state index contributed by atoms with van der Waals surface area (Å²) in [6, 6.07) is 5.41. The van der Waals surface area contributed by atoms with Gasteiger partial charge in [0.25, 0.3) is 5.56 Å². The molecule has 0 N–H and O–H groups in total. The van der Waals surface area contributed by atoms with E-state index in [1.165, 1.54) is 0 Å². The first-order valence-corrected chi connectivity index (χ1v) is 6.55. The van der Waals surface area contributed by atoms with E-state index in [0.29, 0.717) is 11.3 Å². The zero-order chi connectivity index (χ0) is 15.9. The Morgan fingerprint density at radius 1 is 1.09 bits per heavy atom. The van der Waals surface area contributed by atoms with E-state index in [2.05, 4.69) is 4.98 Å². The van der Waals surface area contributed by atoms with E-state index >= 15 is 0 Å². The molecule has 0 aliphatic carbocycles. The van der Waals surface area contributed by atoms with Gasteiger partial charge in [0, 0.05) is 24.7 Å². The Bertz CT molecular complexity index is 893. The van der Waals surface area contributed by atoms with Gasteiger partial charge in [-0.3, -0.25) is 4.79 Å². The zero-order valence-corrected chi connectivity index (χ0v) is 11.6. The van der Waals surface area contributed by atoms with E-state index in [1.54, 1.807) is 10.6 Å². The topological polar surface area (TPSA) is 39.3 Å². The van der Waals surface area contributed by atoms with Crippen molar-refractivity contribution in [3.63, 3.8) is 0 Å². The lowest BCUT2D eigenvalue weighted by Gasteiger charge is -2.09. The van der Waals surface area contributed by atoms with Gasteiger partial charge < -0.3 is 8.97 Å². The first kappa shape index (κ1) is 14.4. The van der Waals surface area contributed by atoms with Crippen molar-refractivity contribution >= 4 is 5.65 Å². The van der Waals surface area contributed by atoms with E-state index in [1.807, 2.05) is 25.3 Å². The van der Waals surface area contributed by atoms with Crippen LogP contribution in [0.2, 0.25) is 0 Å². The Labute approximate surface area is 123 Å². The molecule has 22 heavy (non-hydrogen) atoms. The van der Waals surface area contributed by atoms with E-state index < -0.39 is 17.3 Å². The molecule has 0 spiro atoms. The molecule has 0 fully saturated rings. The average Bonchev–Trinajstić information content (AvgIpc) is 2.81. The summed E-state index contributed by atoms with van der Waals surface area (Å²) in [6.07, 6.45) is -0.0984. The summed E-state index contributed by atoms with van der Waals surface area (Å²) in [4.78, 5) is 16.0. The number of rotatable bonds is 2. The Hall–Kier alpha value is -2.57. The number of pyridine rings is 2. The summed E-state index contributed by atoms with van der Waals surface area (Å²) in [5.41, 5.74) is 0.883. The summed E-state index contributed by atoms with van der Waals surface area (Å²) < 4.78 is 40.9. The van der Waals surface area contributed by atoms with E-state index in [-0.39, 0.29) is 6.54 Å². The summed E-state index contributed by atoms with van der Waals surface area (Å²) in [5, 5.41) is 0. The van der Waals surface area contributed by atoms with Crippen LogP contribution in [0.3, 0.4) is 0 Å². The lowest BCUT2D eigenvalue weighted by atomic mass is 10.2. The number of halogens is 3. The van der Waals surface area contributed by atoms with Crippen molar-refractivity contribution in [1.29, 1.82) is 0 Å². The van der Waals surface area contributed by atoms with Crippen LogP contribution in [0.5, 0.6) is 0 Å². The second-order valence-corrected chi connectivity index (χ2v) is 5.09. The molecule has 0 bridgehead atoms. The maximum Gasteiger partial charge on any atom is 0.417 e. The third-order valence-corrected chi connectivity index (χ3v) is 3.29. The molecule has 0 saturated carbocycles. The first-order valence-electron chi connectivity index (χ1n) is 6.55. The fourth-order valence-electron chi connectivity index (χ4n) is 2.23. The minimum Gasteiger partial charge on any atom is -0.309 e. The average molecular weight is 307 g/mol. The van der Waals surface area contributed by atoms with Gasteiger partial charge in [-0.1, -0.05) is 6.07 Å². The molecular formula is C15H12F3N3O. The third-order valence-electron chi connectivity index (χ3n) is 3.29. The predicted molar refractivity (Wildman–Crippen MR) is 74.7 cm³/mol.